The summed E-state index contributed by atoms with van der Waals surface area (Å²) in [7, 11) is 0. The van der Waals surface area contributed by atoms with Crippen molar-refractivity contribution in [3.05, 3.63) is 35.2 Å². The molecule has 146 valence electrons. The predicted molar refractivity (Wildman–Crippen MR) is 105 cm³/mol. The van der Waals surface area contributed by atoms with Gasteiger partial charge in [0.2, 0.25) is 5.91 Å². The van der Waals surface area contributed by atoms with Crippen molar-refractivity contribution >= 4 is 28.3 Å². The van der Waals surface area contributed by atoms with Gasteiger partial charge in [-0.3, -0.25) is 14.5 Å². The largest absolute Gasteiger partial charge is 0.459 e. The predicted octanol–water partition coefficient (Wildman–Crippen LogP) is 3.12. The van der Waals surface area contributed by atoms with Crippen LogP contribution in [0.2, 0.25) is 0 Å². The van der Waals surface area contributed by atoms with E-state index in [4.69, 9.17) is 4.42 Å². The number of piperidine rings is 1. The quantitative estimate of drug-likeness (QED) is 0.758. The number of thiazole rings is 1. The van der Waals surface area contributed by atoms with Crippen molar-refractivity contribution in [1.82, 2.24) is 15.2 Å². The number of likely N-dealkylation sites (tertiary alicyclic amines) is 1. The van der Waals surface area contributed by atoms with E-state index in [1.165, 1.54) is 36.9 Å². The van der Waals surface area contributed by atoms with Crippen LogP contribution in [0.15, 0.2) is 28.2 Å². The van der Waals surface area contributed by atoms with E-state index >= 15 is 0 Å². The normalized spacial score (nSPS) is 16.3. The fourth-order valence-corrected chi connectivity index (χ4v) is 3.83. The number of amides is 2. The Hall–Kier alpha value is -2.19. The monoisotopic (exact) mass is 390 g/mol. The summed E-state index contributed by atoms with van der Waals surface area (Å²) >= 11 is 1.41. The average Bonchev–Trinajstić information content (AvgIpc) is 3.32. The molecule has 8 heteroatoms. The Balaban J connectivity index is 1.57. The molecule has 3 heterocycles. The van der Waals surface area contributed by atoms with Crippen molar-refractivity contribution in [1.29, 1.82) is 0 Å². The molecule has 7 nitrogen and oxygen atoms in total. The molecule has 0 aliphatic carbocycles. The van der Waals surface area contributed by atoms with Gasteiger partial charge in [0.25, 0.3) is 5.91 Å². The first-order chi connectivity index (χ1) is 13.0. The van der Waals surface area contributed by atoms with Gasteiger partial charge in [-0.15, -0.1) is 11.3 Å². The number of aromatic nitrogens is 1. The minimum Gasteiger partial charge on any atom is -0.459 e. The standard InChI is InChI=1S/C19H26N4O3S/c1-13(2)16(21-17(24)15-7-6-10-26-15)18(25)22-19-20-14(12-27-19)11-23-8-4-3-5-9-23/h6-7,10,12-13,16H,3-5,8-9,11H2,1-2H3,(H,21,24)(H,20,22,25). The smallest absolute Gasteiger partial charge is 0.287 e. The summed E-state index contributed by atoms with van der Waals surface area (Å²) in [5, 5.41) is 8.11. The molecule has 27 heavy (non-hydrogen) atoms. The molecule has 1 unspecified atom stereocenters. The van der Waals surface area contributed by atoms with Crippen LogP contribution >= 0.6 is 11.3 Å². The van der Waals surface area contributed by atoms with Gasteiger partial charge in [-0.2, -0.15) is 0 Å². The summed E-state index contributed by atoms with van der Waals surface area (Å²) in [6.07, 6.45) is 5.20. The third-order valence-electron chi connectivity index (χ3n) is 4.60. The van der Waals surface area contributed by atoms with Crippen LogP contribution in [0.3, 0.4) is 0 Å². The molecule has 1 aliphatic heterocycles. The zero-order chi connectivity index (χ0) is 19.2. The summed E-state index contributed by atoms with van der Waals surface area (Å²) in [4.78, 5) is 31.8. The third kappa shape index (κ3) is 5.40. The van der Waals surface area contributed by atoms with Crippen LogP contribution in [0.25, 0.3) is 0 Å². The maximum Gasteiger partial charge on any atom is 0.287 e. The van der Waals surface area contributed by atoms with Crippen LogP contribution in [0.4, 0.5) is 5.13 Å². The molecule has 2 N–H and O–H groups in total. The second-order valence-electron chi connectivity index (χ2n) is 7.14. The first-order valence-corrected chi connectivity index (χ1v) is 10.2. The highest BCUT2D eigenvalue weighted by molar-refractivity contribution is 7.13. The topological polar surface area (TPSA) is 87.5 Å². The van der Waals surface area contributed by atoms with E-state index in [0.717, 1.165) is 25.3 Å². The summed E-state index contributed by atoms with van der Waals surface area (Å²) in [5.74, 6) is -0.564. The van der Waals surface area contributed by atoms with Crippen LogP contribution < -0.4 is 10.6 Å². The van der Waals surface area contributed by atoms with Crippen LogP contribution in [0.5, 0.6) is 0 Å². The molecule has 0 radical (unpaired) electrons. The molecule has 3 rings (SSSR count). The third-order valence-corrected chi connectivity index (χ3v) is 5.40. The Labute approximate surface area is 163 Å². The lowest BCUT2D eigenvalue weighted by Gasteiger charge is -2.25. The van der Waals surface area contributed by atoms with E-state index in [0.29, 0.717) is 5.13 Å². The van der Waals surface area contributed by atoms with Crippen molar-refractivity contribution < 1.29 is 14.0 Å². The lowest BCUT2D eigenvalue weighted by Crippen LogP contribution is -2.47. The highest BCUT2D eigenvalue weighted by atomic mass is 32.1. The first-order valence-electron chi connectivity index (χ1n) is 9.35. The van der Waals surface area contributed by atoms with Gasteiger partial charge in [0.1, 0.15) is 6.04 Å². The van der Waals surface area contributed by atoms with E-state index in [1.807, 2.05) is 19.2 Å². The SMILES string of the molecule is CC(C)C(NC(=O)c1ccco1)C(=O)Nc1nc(CN2CCCCC2)cs1. The minimum atomic E-state index is -0.669. The number of nitrogens with zero attached hydrogens (tertiary/aromatic N) is 2. The molecule has 1 atom stereocenters. The summed E-state index contributed by atoms with van der Waals surface area (Å²) in [6.45, 7) is 6.79. The molecule has 1 aliphatic rings. The minimum absolute atomic E-state index is 0.0725. The van der Waals surface area contributed by atoms with E-state index < -0.39 is 11.9 Å². The second kappa shape index (κ2) is 9.14. The summed E-state index contributed by atoms with van der Waals surface area (Å²) < 4.78 is 5.09. The second-order valence-corrected chi connectivity index (χ2v) is 8.00. The van der Waals surface area contributed by atoms with Crippen molar-refractivity contribution in [3.8, 4) is 0 Å². The van der Waals surface area contributed by atoms with E-state index in [2.05, 4.69) is 20.5 Å². The highest BCUT2D eigenvalue weighted by Gasteiger charge is 2.26. The van der Waals surface area contributed by atoms with Gasteiger partial charge in [-0.1, -0.05) is 20.3 Å². The number of carbonyl (C=O) groups is 2. The maximum atomic E-state index is 12.7. The van der Waals surface area contributed by atoms with E-state index in [1.54, 1.807) is 12.1 Å². The number of furan rings is 1. The Morgan fingerprint density at radius 3 is 2.74 bits per heavy atom. The summed E-state index contributed by atoms with van der Waals surface area (Å²) in [5.41, 5.74) is 0.970. The van der Waals surface area contributed by atoms with E-state index in [9.17, 15) is 9.59 Å². The Morgan fingerprint density at radius 1 is 1.30 bits per heavy atom. The van der Waals surface area contributed by atoms with Crippen LogP contribution in [0, 0.1) is 5.92 Å². The van der Waals surface area contributed by atoms with Crippen LogP contribution in [-0.4, -0.2) is 40.8 Å². The molecule has 2 aromatic rings. The van der Waals surface area contributed by atoms with Gasteiger partial charge in [0, 0.05) is 11.9 Å². The lowest BCUT2D eigenvalue weighted by atomic mass is 10.0. The van der Waals surface area contributed by atoms with Gasteiger partial charge in [0.05, 0.1) is 12.0 Å². The Kier molecular flexibility index (Phi) is 6.63. The molecule has 0 spiro atoms. The number of carbonyl (C=O) groups excluding carboxylic acids is 2. The molecular formula is C19H26N4O3S. The number of rotatable bonds is 7. The molecule has 1 saturated heterocycles. The van der Waals surface area contributed by atoms with Crippen molar-refractivity contribution in [2.24, 2.45) is 5.92 Å². The number of hydrogen-bond acceptors (Lipinski definition) is 6. The van der Waals surface area contributed by atoms with Crippen molar-refractivity contribution in [2.75, 3.05) is 18.4 Å². The van der Waals surface area contributed by atoms with E-state index in [-0.39, 0.29) is 17.6 Å². The molecule has 0 saturated carbocycles. The number of nitrogens with one attached hydrogen (secondary N) is 2. The van der Waals surface area contributed by atoms with Gasteiger partial charge >= 0.3 is 0 Å². The summed E-state index contributed by atoms with van der Waals surface area (Å²) in [6, 6.07) is 2.54. The molecule has 2 aromatic heterocycles. The highest BCUT2D eigenvalue weighted by Crippen LogP contribution is 2.19. The zero-order valence-corrected chi connectivity index (χ0v) is 16.6. The average molecular weight is 391 g/mol. The Morgan fingerprint density at radius 2 is 2.07 bits per heavy atom. The molecular weight excluding hydrogens is 364 g/mol. The number of anilines is 1. The first kappa shape index (κ1) is 19.6. The molecule has 1 fully saturated rings. The van der Waals surface area contributed by atoms with Gasteiger partial charge in [-0.05, 0) is 44.0 Å². The van der Waals surface area contributed by atoms with Crippen LogP contribution in [0.1, 0.15) is 49.4 Å². The zero-order valence-electron chi connectivity index (χ0n) is 15.7. The Bertz CT molecular complexity index is 751. The van der Waals surface area contributed by atoms with Crippen molar-refractivity contribution in [3.63, 3.8) is 0 Å². The lowest BCUT2D eigenvalue weighted by molar-refractivity contribution is -0.118. The fraction of sp³-hybridized carbons (Fsp3) is 0.526. The van der Waals surface area contributed by atoms with Gasteiger partial charge < -0.3 is 15.1 Å². The molecule has 0 aromatic carbocycles. The van der Waals surface area contributed by atoms with Gasteiger partial charge in [0.15, 0.2) is 10.9 Å². The molecule has 2 amide bonds. The number of hydrogen-bond donors (Lipinski definition) is 2. The fourth-order valence-electron chi connectivity index (χ4n) is 3.12. The van der Waals surface area contributed by atoms with Crippen LogP contribution in [-0.2, 0) is 11.3 Å². The van der Waals surface area contributed by atoms with Gasteiger partial charge in [-0.25, -0.2) is 4.98 Å². The maximum absolute atomic E-state index is 12.7. The molecule has 0 bridgehead atoms. The van der Waals surface area contributed by atoms with Crippen molar-refractivity contribution in [2.45, 2.75) is 45.7 Å².